The third-order valence-electron chi connectivity index (χ3n) is 1.42. The fourth-order valence-corrected chi connectivity index (χ4v) is 0.550. The predicted molar refractivity (Wildman–Crippen MR) is 46.1 cm³/mol. The van der Waals surface area contributed by atoms with Crippen molar-refractivity contribution in [2.45, 2.75) is 18.9 Å². The maximum Gasteiger partial charge on any atom is 0.337 e. The van der Waals surface area contributed by atoms with Crippen molar-refractivity contribution < 1.29 is 19.8 Å². The normalized spacial score (nSPS) is 14.3. The van der Waals surface area contributed by atoms with Gasteiger partial charge in [0.15, 0.2) is 5.60 Å². The van der Waals surface area contributed by atoms with E-state index in [2.05, 4.69) is 11.9 Å². The van der Waals surface area contributed by atoms with Crippen LogP contribution in [0.4, 0.5) is 0 Å². The molecule has 0 aromatic heterocycles. The van der Waals surface area contributed by atoms with Crippen LogP contribution >= 0.6 is 0 Å². The highest BCUT2D eigenvalue weighted by molar-refractivity contribution is 5.80. The van der Waals surface area contributed by atoms with Gasteiger partial charge in [-0.1, -0.05) is 6.08 Å². The van der Waals surface area contributed by atoms with Gasteiger partial charge in [0.2, 0.25) is 5.91 Å². The van der Waals surface area contributed by atoms with Crippen molar-refractivity contribution >= 4 is 11.9 Å². The van der Waals surface area contributed by atoms with Crippen LogP contribution in [0.2, 0.25) is 0 Å². The molecule has 0 aromatic rings. The second kappa shape index (κ2) is 4.61. The van der Waals surface area contributed by atoms with E-state index < -0.39 is 11.6 Å². The minimum absolute atomic E-state index is 0.107. The zero-order valence-corrected chi connectivity index (χ0v) is 7.41. The summed E-state index contributed by atoms with van der Waals surface area (Å²) in [4.78, 5) is 21.2. The highest BCUT2D eigenvalue weighted by Gasteiger charge is 2.29. The van der Waals surface area contributed by atoms with Gasteiger partial charge >= 0.3 is 5.97 Å². The SMILES string of the molecule is C=CCC(=O)NCC(C)(O)C(=O)O. The Bertz CT molecular complexity index is 222. The van der Waals surface area contributed by atoms with E-state index in [1.54, 1.807) is 0 Å². The van der Waals surface area contributed by atoms with Crippen LogP contribution in [0, 0.1) is 0 Å². The summed E-state index contributed by atoms with van der Waals surface area (Å²) in [5.74, 6) is -1.73. The van der Waals surface area contributed by atoms with Gasteiger partial charge in [0.05, 0.1) is 6.54 Å². The fraction of sp³-hybridized carbons (Fsp3) is 0.500. The predicted octanol–water partition coefficient (Wildman–Crippen LogP) is -0.486. The molecule has 1 atom stereocenters. The number of aliphatic hydroxyl groups is 1. The zero-order chi connectivity index (χ0) is 10.5. The number of hydrogen-bond acceptors (Lipinski definition) is 3. The van der Waals surface area contributed by atoms with Crippen LogP contribution in [0.1, 0.15) is 13.3 Å². The second-order valence-corrected chi connectivity index (χ2v) is 2.85. The van der Waals surface area contributed by atoms with Crippen LogP contribution in [0.15, 0.2) is 12.7 Å². The van der Waals surface area contributed by atoms with Gasteiger partial charge in [-0.05, 0) is 6.92 Å². The molecule has 0 aliphatic heterocycles. The highest BCUT2D eigenvalue weighted by Crippen LogP contribution is 2.00. The van der Waals surface area contributed by atoms with Crippen molar-refractivity contribution in [2.75, 3.05) is 6.54 Å². The van der Waals surface area contributed by atoms with Crippen LogP contribution in [0.5, 0.6) is 0 Å². The van der Waals surface area contributed by atoms with Gasteiger partial charge in [-0.15, -0.1) is 6.58 Å². The molecular formula is C8H13NO4. The Labute approximate surface area is 76.1 Å². The molecule has 0 heterocycles. The van der Waals surface area contributed by atoms with Crippen molar-refractivity contribution in [3.63, 3.8) is 0 Å². The molecule has 0 aromatic carbocycles. The summed E-state index contributed by atoms with van der Waals surface area (Å²) in [6, 6.07) is 0. The Kier molecular flexibility index (Phi) is 4.13. The van der Waals surface area contributed by atoms with Gasteiger partial charge in [-0.25, -0.2) is 4.79 Å². The van der Waals surface area contributed by atoms with Crippen molar-refractivity contribution in [1.29, 1.82) is 0 Å². The molecular weight excluding hydrogens is 174 g/mol. The number of hydrogen-bond donors (Lipinski definition) is 3. The Hall–Kier alpha value is -1.36. The lowest BCUT2D eigenvalue weighted by molar-refractivity contribution is -0.156. The highest BCUT2D eigenvalue weighted by atomic mass is 16.4. The standard InChI is InChI=1S/C8H13NO4/c1-3-4-6(10)9-5-8(2,13)7(11)12/h3,13H,1,4-5H2,2H3,(H,9,10)(H,11,12). The summed E-state index contributed by atoms with van der Waals surface area (Å²) in [5, 5.41) is 19.9. The molecule has 0 fully saturated rings. The maximum absolute atomic E-state index is 10.8. The number of rotatable bonds is 5. The smallest absolute Gasteiger partial charge is 0.337 e. The zero-order valence-electron chi connectivity index (χ0n) is 7.41. The van der Waals surface area contributed by atoms with E-state index in [9.17, 15) is 9.59 Å². The third-order valence-corrected chi connectivity index (χ3v) is 1.42. The average Bonchev–Trinajstić information content (AvgIpc) is 2.01. The van der Waals surface area contributed by atoms with Gasteiger partial charge in [-0.3, -0.25) is 4.79 Å². The van der Waals surface area contributed by atoms with E-state index >= 15 is 0 Å². The van der Waals surface area contributed by atoms with Crippen molar-refractivity contribution in [3.05, 3.63) is 12.7 Å². The molecule has 0 aliphatic carbocycles. The number of carboxylic acid groups (broad SMARTS) is 1. The quantitative estimate of drug-likeness (QED) is 0.507. The fourth-order valence-electron chi connectivity index (χ4n) is 0.550. The minimum atomic E-state index is -1.92. The summed E-state index contributed by atoms with van der Waals surface area (Å²) >= 11 is 0. The van der Waals surface area contributed by atoms with Crippen LogP contribution in [-0.4, -0.2) is 34.2 Å². The molecule has 74 valence electrons. The lowest BCUT2D eigenvalue weighted by atomic mass is 10.1. The largest absolute Gasteiger partial charge is 0.479 e. The lowest BCUT2D eigenvalue weighted by Crippen LogP contribution is -2.46. The van der Waals surface area contributed by atoms with E-state index in [0.29, 0.717) is 0 Å². The first-order chi connectivity index (χ1) is 5.90. The van der Waals surface area contributed by atoms with E-state index in [4.69, 9.17) is 10.2 Å². The number of carboxylic acids is 1. The Morgan fingerprint density at radius 2 is 2.15 bits per heavy atom. The van der Waals surface area contributed by atoms with Gasteiger partial charge in [0.1, 0.15) is 0 Å². The first kappa shape index (κ1) is 11.6. The van der Waals surface area contributed by atoms with E-state index in [-0.39, 0.29) is 18.9 Å². The topological polar surface area (TPSA) is 86.6 Å². The molecule has 1 unspecified atom stereocenters. The van der Waals surface area contributed by atoms with Crippen molar-refractivity contribution in [3.8, 4) is 0 Å². The van der Waals surface area contributed by atoms with Crippen LogP contribution < -0.4 is 5.32 Å². The number of nitrogens with one attached hydrogen (secondary N) is 1. The number of carbonyl (C=O) groups is 2. The molecule has 0 saturated heterocycles. The molecule has 0 saturated carbocycles. The summed E-state index contributed by atoms with van der Waals surface area (Å²) < 4.78 is 0. The molecule has 0 radical (unpaired) electrons. The number of aliphatic carboxylic acids is 1. The minimum Gasteiger partial charge on any atom is -0.479 e. The summed E-state index contributed by atoms with van der Waals surface area (Å²) in [6.07, 6.45) is 1.50. The van der Waals surface area contributed by atoms with E-state index in [1.807, 2.05) is 0 Å². The summed E-state index contributed by atoms with van der Waals surface area (Å²) in [6.45, 7) is 4.14. The monoisotopic (exact) mass is 187 g/mol. The first-order valence-corrected chi connectivity index (χ1v) is 3.73. The first-order valence-electron chi connectivity index (χ1n) is 3.73. The van der Waals surface area contributed by atoms with Gasteiger partial charge in [-0.2, -0.15) is 0 Å². The number of amides is 1. The van der Waals surface area contributed by atoms with Crippen LogP contribution in [-0.2, 0) is 9.59 Å². The maximum atomic E-state index is 10.8. The molecule has 5 heteroatoms. The molecule has 13 heavy (non-hydrogen) atoms. The van der Waals surface area contributed by atoms with Crippen LogP contribution in [0.25, 0.3) is 0 Å². The molecule has 0 spiro atoms. The van der Waals surface area contributed by atoms with Crippen molar-refractivity contribution in [2.24, 2.45) is 0 Å². The van der Waals surface area contributed by atoms with Crippen molar-refractivity contribution in [1.82, 2.24) is 5.32 Å². The van der Waals surface area contributed by atoms with E-state index in [1.165, 1.54) is 6.08 Å². The van der Waals surface area contributed by atoms with Gasteiger partial charge in [0.25, 0.3) is 0 Å². The van der Waals surface area contributed by atoms with Gasteiger partial charge in [0, 0.05) is 6.42 Å². The number of carbonyl (C=O) groups excluding carboxylic acids is 1. The molecule has 0 aliphatic rings. The van der Waals surface area contributed by atoms with E-state index in [0.717, 1.165) is 6.92 Å². The Morgan fingerprint density at radius 3 is 2.54 bits per heavy atom. The average molecular weight is 187 g/mol. The second-order valence-electron chi connectivity index (χ2n) is 2.85. The Morgan fingerprint density at radius 1 is 1.62 bits per heavy atom. The molecule has 5 nitrogen and oxygen atoms in total. The molecule has 3 N–H and O–H groups in total. The third kappa shape index (κ3) is 4.27. The van der Waals surface area contributed by atoms with Gasteiger partial charge < -0.3 is 15.5 Å². The lowest BCUT2D eigenvalue weighted by Gasteiger charge is -2.17. The summed E-state index contributed by atoms with van der Waals surface area (Å²) in [5.41, 5.74) is -1.92. The van der Waals surface area contributed by atoms with Crippen LogP contribution in [0.3, 0.4) is 0 Å². The molecule has 1 amide bonds. The summed E-state index contributed by atoms with van der Waals surface area (Å²) in [7, 11) is 0. The molecule has 0 bridgehead atoms. The molecule has 0 rings (SSSR count). The Balaban J connectivity index is 3.94.